The molecule has 1 aliphatic rings. The largest absolute Gasteiger partial charge is 0.504 e. The van der Waals surface area contributed by atoms with Crippen molar-refractivity contribution in [3.63, 3.8) is 0 Å². The molecule has 3 rings (SSSR count). The van der Waals surface area contributed by atoms with Crippen molar-refractivity contribution in [1.82, 2.24) is 0 Å². The Morgan fingerprint density at radius 2 is 1.71 bits per heavy atom. The second-order valence-electron chi connectivity index (χ2n) is 5.60. The zero-order valence-corrected chi connectivity index (χ0v) is 13.0. The lowest BCUT2D eigenvalue weighted by Gasteiger charge is -2.31. The fourth-order valence-electron chi connectivity index (χ4n) is 2.74. The van der Waals surface area contributed by atoms with Gasteiger partial charge in [0.05, 0.1) is 7.11 Å². The molecular formula is C17H16O7. The highest BCUT2D eigenvalue weighted by atomic mass is 16.5. The van der Waals surface area contributed by atoms with Crippen LogP contribution in [-0.4, -0.2) is 39.4 Å². The molecule has 0 aromatic heterocycles. The number of hydrogen-bond donors (Lipinski definition) is 4. The third-order valence-corrected chi connectivity index (χ3v) is 3.91. The van der Waals surface area contributed by atoms with Crippen molar-refractivity contribution in [3.8, 4) is 28.7 Å². The number of phenols is 3. The first-order valence-corrected chi connectivity index (χ1v) is 7.16. The van der Waals surface area contributed by atoms with Crippen LogP contribution in [0.2, 0.25) is 0 Å². The number of Topliss-reactive ketones (excluding diaryl/α,β-unsaturated/α-hetero) is 1. The van der Waals surface area contributed by atoms with Gasteiger partial charge in [-0.1, -0.05) is 0 Å². The van der Waals surface area contributed by atoms with E-state index in [1.807, 2.05) is 0 Å². The molecule has 7 nitrogen and oxygen atoms in total. The van der Waals surface area contributed by atoms with Crippen molar-refractivity contribution in [2.75, 3.05) is 7.11 Å². The molecule has 0 spiro atoms. The molecule has 4 N–H and O–H groups in total. The molecule has 0 radical (unpaired) electrons. The van der Waals surface area contributed by atoms with Crippen molar-refractivity contribution in [2.45, 2.75) is 19.1 Å². The summed E-state index contributed by atoms with van der Waals surface area (Å²) in [7, 11) is 1.41. The summed E-state index contributed by atoms with van der Waals surface area (Å²) < 4.78 is 10.9. The predicted molar refractivity (Wildman–Crippen MR) is 82.9 cm³/mol. The number of rotatable bonds is 2. The van der Waals surface area contributed by atoms with Crippen LogP contribution < -0.4 is 9.47 Å². The van der Waals surface area contributed by atoms with Crippen LogP contribution >= 0.6 is 0 Å². The highest BCUT2D eigenvalue weighted by Gasteiger charge is 2.39. The van der Waals surface area contributed by atoms with Crippen molar-refractivity contribution >= 4 is 5.78 Å². The molecule has 1 heterocycles. The van der Waals surface area contributed by atoms with E-state index >= 15 is 0 Å². The van der Waals surface area contributed by atoms with Crippen molar-refractivity contribution in [2.24, 2.45) is 0 Å². The first-order valence-electron chi connectivity index (χ1n) is 7.16. The van der Waals surface area contributed by atoms with Crippen LogP contribution in [0, 0.1) is 6.92 Å². The van der Waals surface area contributed by atoms with Gasteiger partial charge in [-0.15, -0.1) is 0 Å². The molecule has 0 amide bonds. The number of ether oxygens (including phenoxy) is 2. The number of aliphatic hydroxyl groups is 1. The Labute approximate surface area is 137 Å². The molecule has 1 aliphatic heterocycles. The lowest BCUT2D eigenvalue weighted by molar-refractivity contribution is 0.0209. The predicted octanol–water partition coefficient (Wildman–Crippen LogP) is 1.80. The number of fused-ring (bicyclic) bond motifs is 1. The molecule has 2 unspecified atom stereocenters. The van der Waals surface area contributed by atoms with Crippen molar-refractivity contribution in [1.29, 1.82) is 0 Å². The first kappa shape index (κ1) is 15.9. The van der Waals surface area contributed by atoms with Gasteiger partial charge in [0.15, 0.2) is 29.5 Å². The highest BCUT2D eigenvalue weighted by Crippen LogP contribution is 2.43. The Morgan fingerprint density at radius 1 is 1.08 bits per heavy atom. The molecular weight excluding hydrogens is 316 g/mol. The van der Waals surface area contributed by atoms with Crippen LogP contribution in [0.25, 0.3) is 0 Å². The van der Waals surface area contributed by atoms with E-state index in [2.05, 4.69) is 0 Å². The standard InChI is InChI=1S/C17H16O7/c1-7-3-11(23-2)13-12(4-7)24-17(16(22)15(13)21)8-5-9(18)14(20)10(19)6-8/h3-6,16-20,22H,1-2H3. The summed E-state index contributed by atoms with van der Waals surface area (Å²) in [6, 6.07) is 5.53. The molecule has 2 aromatic carbocycles. The van der Waals surface area contributed by atoms with Gasteiger partial charge in [0.25, 0.3) is 0 Å². The average Bonchev–Trinajstić information content (AvgIpc) is 2.54. The highest BCUT2D eigenvalue weighted by molar-refractivity contribution is 6.05. The number of methoxy groups -OCH3 is 1. The Hall–Kier alpha value is -2.93. The fraction of sp³-hybridized carbons (Fsp3) is 0.235. The minimum atomic E-state index is -1.56. The van der Waals surface area contributed by atoms with Crippen LogP contribution in [-0.2, 0) is 0 Å². The molecule has 0 saturated carbocycles. The molecule has 2 aromatic rings. The third-order valence-electron chi connectivity index (χ3n) is 3.91. The number of carbonyl (C=O) groups is 1. The summed E-state index contributed by atoms with van der Waals surface area (Å²) in [6.07, 6.45) is -2.70. The van der Waals surface area contributed by atoms with Gasteiger partial charge in [-0.3, -0.25) is 4.79 Å². The minimum absolute atomic E-state index is 0.138. The van der Waals surface area contributed by atoms with Crippen LogP contribution in [0.4, 0.5) is 0 Å². The second-order valence-corrected chi connectivity index (χ2v) is 5.60. The molecule has 0 fully saturated rings. The molecule has 24 heavy (non-hydrogen) atoms. The summed E-state index contributed by atoms with van der Waals surface area (Å²) >= 11 is 0. The summed E-state index contributed by atoms with van der Waals surface area (Å²) in [5, 5.41) is 39.0. The van der Waals surface area contributed by atoms with E-state index < -0.39 is 35.2 Å². The summed E-state index contributed by atoms with van der Waals surface area (Å²) in [4.78, 5) is 12.5. The van der Waals surface area contributed by atoms with E-state index in [1.165, 1.54) is 7.11 Å². The molecule has 0 saturated heterocycles. The van der Waals surface area contributed by atoms with Gasteiger partial charge in [-0.25, -0.2) is 0 Å². The van der Waals surface area contributed by atoms with E-state index in [4.69, 9.17) is 9.47 Å². The summed E-state index contributed by atoms with van der Waals surface area (Å²) in [6.45, 7) is 1.80. The number of phenolic OH excluding ortho intramolecular Hbond substituents is 3. The second kappa shape index (κ2) is 5.61. The number of ketones is 1. The van der Waals surface area contributed by atoms with E-state index in [9.17, 15) is 25.2 Å². The number of hydrogen-bond acceptors (Lipinski definition) is 7. The van der Waals surface area contributed by atoms with E-state index in [1.54, 1.807) is 19.1 Å². The van der Waals surface area contributed by atoms with Gasteiger partial charge in [0, 0.05) is 5.56 Å². The Bertz CT molecular complexity index is 805. The molecule has 0 aliphatic carbocycles. The average molecular weight is 332 g/mol. The smallest absolute Gasteiger partial charge is 0.202 e. The maximum Gasteiger partial charge on any atom is 0.202 e. The van der Waals surface area contributed by atoms with Gasteiger partial charge >= 0.3 is 0 Å². The van der Waals surface area contributed by atoms with Gasteiger partial charge in [-0.2, -0.15) is 0 Å². The molecule has 0 bridgehead atoms. The van der Waals surface area contributed by atoms with Gasteiger partial charge in [0.1, 0.15) is 17.1 Å². The van der Waals surface area contributed by atoms with Crippen LogP contribution in [0.3, 0.4) is 0 Å². The molecule has 7 heteroatoms. The quantitative estimate of drug-likeness (QED) is 0.620. The van der Waals surface area contributed by atoms with Crippen LogP contribution in [0.15, 0.2) is 24.3 Å². The van der Waals surface area contributed by atoms with E-state index in [0.29, 0.717) is 5.75 Å². The van der Waals surface area contributed by atoms with Crippen LogP contribution in [0.1, 0.15) is 27.6 Å². The van der Waals surface area contributed by atoms with E-state index in [-0.39, 0.29) is 16.9 Å². The SMILES string of the molecule is COc1cc(C)cc2c1C(=O)C(O)C(c1cc(O)c(O)c(O)c1)O2. The lowest BCUT2D eigenvalue weighted by atomic mass is 9.92. The van der Waals surface area contributed by atoms with Gasteiger partial charge in [0.2, 0.25) is 5.78 Å². The van der Waals surface area contributed by atoms with Crippen LogP contribution in [0.5, 0.6) is 28.7 Å². The third kappa shape index (κ3) is 2.39. The Kier molecular flexibility index (Phi) is 3.73. The molecule has 126 valence electrons. The van der Waals surface area contributed by atoms with Gasteiger partial charge in [-0.05, 0) is 36.8 Å². The van der Waals surface area contributed by atoms with Gasteiger partial charge < -0.3 is 29.9 Å². The fourth-order valence-corrected chi connectivity index (χ4v) is 2.74. The zero-order chi connectivity index (χ0) is 17.6. The molecule has 2 atom stereocenters. The topological polar surface area (TPSA) is 116 Å². The first-order chi connectivity index (χ1) is 11.3. The summed E-state index contributed by atoms with van der Waals surface area (Å²) in [5.41, 5.74) is 1.08. The summed E-state index contributed by atoms with van der Waals surface area (Å²) in [5.74, 6) is -1.91. The maximum absolute atomic E-state index is 12.5. The van der Waals surface area contributed by atoms with Crippen molar-refractivity contribution in [3.05, 3.63) is 41.0 Å². The normalized spacial score (nSPS) is 19.5. The minimum Gasteiger partial charge on any atom is -0.504 e. The Morgan fingerprint density at radius 3 is 2.29 bits per heavy atom. The zero-order valence-electron chi connectivity index (χ0n) is 13.0. The number of aryl methyl sites for hydroxylation is 1. The van der Waals surface area contributed by atoms with E-state index in [0.717, 1.165) is 17.7 Å². The number of carbonyl (C=O) groups excluding carboxylic acids is 1. The number of aliphatic hydroxyl groups excluding tert-OH is 1. The Balaban J connectivity index is 2.11. The number of aromatic hydroxyl groups is 3. The number of benzene rings is 2. The van der Waals surface area contributed by atoms with Crippen molar-refractivity contribution < 1.29 is 34.7 Å². The lowest BCUT2D eigenvalue weighted by Crippen LogP contribution is -2.36. The maximum atomic E-state index is 12.5. The monoisotopic (exact) mass is 332 g/mol.